The lowest BCUT2D eigenvalue weighted by molar-refractivity contribution is 0.0688. The fourth-order valence-electron chi connectivity index (χ4n) is 1.34. The first kappa shape index (κ1) is 11.0. The van der Waals surface area contributed by atoms with Crippen LogP contribution in [0.15, 0.2) is 30.7 Å². The van der Waals surface area contributed by atoms with Crippen molar-refractivity contribution in [3.8, 4) is 5.69 Å². The number of benzene rings is 1. The summed E-state index contributed by atoms with van der Waals surface area (Å²) in [6, 6.07) is 4.80. The third-order valence-electron chi connectivity index (χ3n) is 1.98. The molecule has 0 saturated carbocycles. The lowest BCUT2D eigenvalue weighted by Crippen LogP contribution is -2.05. The van der Waals surface area contributed by atoms with Gasteiger partial charge in [0.25, 0.3) is 0 Å². The second-order valence-electron chi connectivity index (χ2n) is 3.08. The van der Waals surface area contributed by atoms with Crippen molar-refractivity contribution in [2.75, 3.05) is 0 Å². The Morgan fingerprint density at radius 1 is 1.25 bits per heavy atom. The van der Waals surface area contributed by atoms with E-state index in [1.54, 1.807) is 18.2 Å². The SMILES string of the molecule is O=C(O)c1cncn1-c1cc(Cl)cc(Cl)c1. The third kappa shape index (κ3) is 2.03. The van der Waals surface area contributed by atoms with Crippen LogP contribution in [0.4, 0.5) is 0 Å². The van der Waals surface area contributed by atoms with Crippen LogP contribution in [0.3, 0.4) is 0 Å². The maximum atomic E-state index is 10.9. The topological polar surface area (TPSA) is 55.1 Å². The largest absolute Gasteiger partial charge is 0.477 e. The quantitative estimate of drug-likeness (QED) is 0.899. The molecule has 1 aromatic carbocycles. The summed E-state index contributed by atoms with van der Waals surface area (Å²) in [5.41, 5.74) is 0.616. The molecule has 0 aliphatic carbocycles. The van der Waals surface area contributed by atoms with Crippen molar-refractivity contribution in [3.63, 3.8) is 0 Å². The van der Waals surface area contributed by atoms with E-state index in [4.69, 9.17) is 28.3 Å². The predicted octanol–water partition coefficient (Wildman–Crippen LogP) is 2.88. The fourth-order valence-corrected chi connectivity index (χ4v) is 1.85. The molecule has 2 rings (SSSR count). The van der Waals surface area contributed by atoms with E-state index in [-0.39, 0.29) is 5.69 Å². The van der Waals surface area contributed by atoms with Gasteiger partial charge in [0.2, 0.25) is 0 Å². The Bertz CT molecular complexity index is 531. The number of aromatic nitrogens is 2. The molecule has 0 amide bonds. The summed E-state index contributed by atoms with van der Waals surface area (Å²) in [6.45, 7) is 0. The summed E-state index contributed by atoms with van der Waals surface area (Å²) >= 11 is 11.7. The predicted molar refractivity (Wildman–Crippen MR) is 60.5 cm³/mol. The minimum Gasteiger partial charge on any atom is -0.477 e. The average molecular weight is 257 g/mol. The highest BCUT2D eigenvalue weighted by Crippen LogP contribution is 2.22. The molecule has 0 atom stereocenters. The number of hydrogen-bond acceptors (Lipinski definition) is 2. The molecule has 0 saturated heterocycles. The number of aromatic carboxylic acids is 1. The van der Waals surface area contributed by atoms with Crippen LogP contribution >= 0.6 is 23.2 Å². The molecule has 16 heavy (non-hydrogen) atoms. The maximum Gasteiger partial charge on any atom is 0.354 e. The lowest BCUT2D eigenvalue weighted by Gasteiger charge is -2.06. The first-order valence-electron chi connectivity index (χ1n) is 4.30. The minimum absolute atomic E-state index is 0.0540. The number of imidazole rings is 1. The second kappa shape index (κ2) is 4.15. The molecule has 0 aliphatic heterocycles. The summed E-state index contributed by atoms with van der Waals surface area (Å²) in [4.78, 5) is 14.7. The van der Waals surface area contributed by atoms with E-state index < -0.39 is 5.97 Å². The fraction of sp³-hybridized carbons (Fsp3) is 0. The molecular formula is C10H6Cl2N2O2. The van der Waals surface area contributed by atoms with Crippen molar-refractivity contribution < 1.29 is 9.90 Å². The van der Waals surface area contributed by atoms with Crippen LogP contribution in [0.5, 0.6) is 0 Å². The van der Waals surface area contributed by atoms with E-state index in [9.17, 15) is 4.79 Å². The van der Waals surface area contributed by atoms with Crippen molar-refractivity contribution >= 4 is 29.2 Å². The van der Waals surface area contributed by atoms with Crippen LogP contribution in [0, 0.1) is 0 Å². The molecule has 4 nitrogen and oxygen atoms in total. The Hall–Kier alpha value is -1.52. The van der Waals surface area contributed by atoms with Gasteiger partial charge in [0.15, 0.2) is 5.69 Å². The zero-order valence-corrected chi connectivity index (χ0v) is 9.40. The monoisotopic (exact) mass is 256 g/mol. The molecule has 0 bridgehead atoms. The number of carboxylic acids is 1. The van der Waals surface area contributed by atoms with Crippen LogP contribution in [0.1, 0.15) is 10.5 Å². The third-order valence-corrected chi connectivity index (χ3v) is 2.42. The highest BCUT2D eigenvalue weighted by molar-refractivity contribution is 6.34. The zero-order valence-electron chi connectivity index (χ0n) is 7.89. The van der Waals surface area contributed by atoms with Crippen molar-refractivity contribution in [2.24, 2.45) is 0 Å². The van der Waals surface area contributed by atoms with Gasteiger partial charge in [-0.2, -0.15) is 0 Å². The van der Waals surface area contributed by atoms with E-state index >= 15 is 0 Å². The van der Waals surface area contributed by atoms with Crippen LogP contribution in [0.25, 0.3) is 5.69 Å². The van der Waals surface area contributed by atoms with Crippen molar-refractivity contribution in [2.45, 2.75) is 0 Å². The van der Waals surface area contributed by atoms with Gasteiger partial charge < -0.3 is 5.11 Å². The molecule has 0 fully saturated rings. The normalized spacial score (nSPS) is 10.4. The first-order valence-corrected chi connectivity index (χ1v) is 5.05. The van der Waals surface area contributed by atoms with Gasteiger partial charge >= 0.3 is 5.97 Å². The van der Waals surface area contributed by atoms with Crippen molar-refractivity contribution in [3.05, 3.63) is 46.5 Å². The summed E-state index contributed by atoms with van der Waals surface area (Å²) in [5.74, 6) is -1.06. The maximum absolute atomic E-state index is 10.9. The van der Waals surface area contributed by atoms with Gasteiger partial charge in [-0.15, -0.1) is 0 Å². The van der Waals surface area contributed by atoms with E-state index in [2.05, 4.69) is 4.98 Å². The number of nitrogens with zero attached hydrogens (tertiary/aromatic N) is 2. The summed E-state index contributed by atoms with van der Waals surface area (Å²) in [6.07, 6.45) is 2.66. The molecule has 82 valence electrons. The van der Waals surface area contributed by atoms with Gasteiger partial charge in [-0.3, -0.25) is 4.57 Å². The molecule has 1 N–H and O–H groups in total. The van der Waals surface area contributed by atoms with Crippen LogP contribution in [-0.4, -0.2) is 20.6 Å². The molecule has 0 unspecified atom stereocenters. The smallest absolute Gasteiger partial charge is 0.354 e. The summed E-state index contributed by atoms with van der Waals surface area (Å²) in [5, 5.41) is 9.80. The van der Waals surface area contributed by atoms with Gasteiger partial charge in [0.05, 0.1) is 18.2 Å². The Morgan fingerprint density at radius 3 is 2.44 bits per heavy atom. The summed E-state index contributed by atoms with van der Waals surface area (Å²) < 4.78 is 1.40. The standard InChI is InChI=1S/C10H6Cl2N2O2/c11-6-1-7(12)3-8(2-6)14-5-13-4-9(14)10(15)16/h1-5H,(H,15,16). The van der Waals surface area contributed by atoms with Gasteiger partial charge in [0.1, 0.15) is 0 Å². The molecule has 0 aliphatic rings. The Labute approximate surface area is 101 Å². The Morgan fingerprint density at radius 2 is 1.88 bits per heavy atom. The van der Waals surface area contributed by atoms with Crippen molar-refractivity contribution in [1.29, 1.82) is 0 Å². The van der Waals surface area contributed by atoms with Crippen LogP contribution < -0.4 is 0 Å². The minimum atomic E-state index is -1.06. The highest BCUT2D eigenvalue weighted by Gasteiger charge is 2.11. The lowest BCUT2D eigenvalue weighted by atomic mass is 10.3. The van der Waals surface area contributed by atoms with Gasteiger partial charge in [-0.25, -0.2) is 9.78 Å². The summed E-state index contributed by atoms with van der Waals surface area (Å²) in [7, 11) is 0. The molecule has 0 radical (unpaired) electrons. The average Bonchev–Trinajstić information content (AvgIpc) is 2.63. The van der Waals surface area contributed by atoms with Gasteiger partial charge in [-0.05, 0) is 18.2 Å². The number of hydrogen-bond donors (Lipinski definition) is 1. The van der Waals surface area contributed by atoms with Gasteiger partial charge in [0, 0.05) is 10.0 Å². The molecule has 1 aromatic heterocycles. The second-order valence-corrected chi connectivity index (χ2v) is 3.95. The van der Waals surface area contributed by atoms with E-state index in [1.807, 2.05) is 0 Å². The Kier molecular flexibility index (Phi) is 2.85. The Balaban J connectivity index is 2.58. The molecule has 1 heterocycles. The van der Waals surface area contributed by atoms with E-state index in [0.717, 1.165) is 0 Å². The molecule has 6 heteroatoms. The molecular weight excluding hydrogens is 251 g/mol. The number of carboxylic acid groups (broad SMARTS) is 1. The highest BCUT2D eigenvalue weighted by atomic mass is 35.5. The van der Waals surface area contributed by atoms with E-state index in [1.165, 1.54) is 17.1 Å². The molecule has 0 spiro atoms. The van der Waals surface area contributed by atoms with Crippen LogP contribution in [0.2, 0.25) is 10.0 Å². The van der Waals surface area contributed by atoms with Gasteiger partial charge in [-0.1, -0.05) is 23.2 Å². The zero-order chi connectivity index (χ0) is 11.7. The van der Waals surface area contributed by atoms with E-state index in [0.29, 0.717) is 15.7 Å². The first-order chi connectivity index (χ1) is 7.58. The van der Waals surface area contributed by atoms with Crippen molar-refractivity contribution in [1.82, 2.24) is 9.55 Å². The molecule has 2 aromatic rings. The number of carbonyl (C=O) groups is 1. The number of rotatable bonds is 2. The number of halogens is 2. The van der Waals surface area contributed by atoms with Crippen LogP contribution in [-0.2, 0) is 0 Å².